The van der Waals surface area contributed by atoms with E-state index in [0.29, 0.717) is 24.0 Å². The maximum absolute atomic E-state index is 12.6. The van der Waals surface area contributed by atoms with Crippen molar-refractivity contribution >= 4 is 21.6 Å². The van der Waals surface area contributed by atoms with E-state index in [1.807, 2.05) is 0 Å². The summed E-state index contributed by atoms with van der Waals surface area (Å²) in [5.74, 6) is 0.427. The highest BCUT2D eigenvalue weighted by Gasteiger charge is 2.30. The van der Waals surface area contributed by atoms with Crippen molar-refractivity contribution in [3.8, 4) is 5.88 Å². The molecule has 1 atom stereocenters. The van der Waals surface area contributed by atoms with Crippen LogP contribution in [0, 0.1) is 0 Å². The second-order valence-corrected chi connectivity index (χ2v) is 8.08. The third-order valence-corrected chi connectivity index (χ3v) is 5.91. The van der Waals surface area contributed by atoms with Crippen LogP contribution in [0.2, 0.25) is 5.02 Å². The van der Waals surface area contributed by atoms with E-state index in [4.69, 9.17) is 16.3 Å². The Bertz CT molecular complexity index is 769. The molecule has 1 aromatic heterocycles. The van der Waals surface area contributed by atoms with Crippen molar-refractivity contribution in [2.24, 2.45) is 0 Å². The van der Waals surface area contributed by atoms with Crippen molar-refractivity contribution < 1.29 is 13.2 Å². The van der Waals surface area contributed by atoms with Gasteiger partial charge in [0.25, 0.3) is 0 Å². The van der Waals surface area contributed by atoms with Crippen molar-refractivity contribution in [2.75, 3.05) is 13.1 Å². The van der Waals surface area contributed by atoms with Gasteiger partial charge in [0, 0.05) is 23.8 Å². The molecule has 0 bridgehead atoms. The Labute approximate surface area is 146 Å². The summed E-state index contributed by atoms with van der Waals surface area (Å²) in [6.07, 6.45) is 4.37. The van der Waals surface area contributed by atoms with Crippen molar-refractivity contribution in [3.63, 3.8) is 0 Å². The lowest BCUT2D eigenvalue weighted by Gasteiger charge is -2.31. The summed E-state index contributed by atoms with van der Waals surface area (Å²) in [7, 11) is -3.40. The Morgan fingerprint density at radius 2 is 2.04 bits per heavy atom. The molecule has 0 aliphatic carbocycles. The van der Waals surface area contributed by atoms with Gasteiger partial charge in [-0.1, -0.05) is 23.7 Å². The number of benzene rings is 1. The topological polar surface area (TPSA) is 72.4 Å². The first kappa shape index (κ1) is 17.1. The molecule has 8 heteroatoms. The highest BCUT2D eigenvalue weighted by atomic mass is 35.5. The molecule has 0 unspecified atom stereocenters. The molecule has 0 N–H and O–H groups in total. The zero-order valence-electron chi connectivity index (χ0n) is 13.0. The smallest absolute Gasteiger partial charge is 0.218 e. The number of hydrogen-bond donors (Lipinski definition) is 0. The lowest BCUT2D eigenvalue weighted by molar-refractivity contribution is 0.124. The predicted octanol–water partition coefficient (Wildman–Crippen LogP) is 2.50. The molecule has 0 amide bonds. The van der Waals surface area contributed by atoms with E-state index in [0.717, 1.165) is 18.4 Å². The molecule has 24 heavy (non-hydrogen) atoms. The molecule has 1 aliphatic rings. The van der Waals surface area contributed by atoms with Gasteiger partial charge in [0.1, 0.15) is 12.4 Å². The summed E-state index contributed by atoms with van der Waals surface area (Å²) in [6, 6.07) is 8.53. The number of rotatable bonds is 5. The Morgan fingerprint density at radius 3 is 2.75 bits per heavy atom. The molecule has 1 aliphatic heterocycles. The Kier molecular flexibility index (Phi) is 5.33. The average molecular weight is 368 g/mol. The highest BCUT2D eigenvalue weighted by molar-refractivity contribution is 7.88. The Balaban J connectivity index is 1.65. The number of sulfonamides is 1. The van der Waals surface area contributed by atoms with Crippen LogP contribution in [0.15, 0.2) is 42.9 Å². The van der Waals surface area contributed by atoms with E-state index in [9.17, 15) is 8.42 Å². The fraction of sp³-hybridized carbons (Fsp3) is 0.375. The highest BCUT2D eigenvalue weighted by Crippen LogP contribution is 2.21. The molecule has 1 fully saturated rings. The molecule has 128 valence electrons. The van der Waals surface area contributed by atoms with E-state index in [1.54, 1.807) is 36.5 Å². The van der Waals surface area contributed by atoms with Crippen LogP contribution < -0.4 is 4.74 Å². The largest absolute Gasteiger partial charge is 0.473 e. The number of hydrogen-bond acceptors (Lipinski definition) is 5. The molecule has 0 radical (unpaired) electrons. The molecular formula is C16H18ClN3O3S. The fourth-order valence-corrected chi connectivity index (χ4v) is 4.38. The number of piperidine rings is 1. The molecular weight excluding hydrogens is 350 g/mol. The lowest BCUT2D eigenvalue weighted by Crippen LogP contribution is -2.44. The second-order valence-electron chi connectivity index (χ2n) is 5.67. The first-order chi connectivity index (χ1) is 11.5. The minimum absolute atomic E-state index is 0.0373. The van der Waals surface area contributed by atoms with Gasteiger partial charge in [-0.15, -0.1) is 0 Å². The summed E-state index contributed by atoms with van der Waals surface area (Å²) >= 11 is 5.84. The maximum Gasteiger partial charge on any atom is 0.218 e. The summed E-state index contributed by atoms with van der Waals surface area (Å²) in [6.45, 7) is 0.847. The van der Waals surface area contributed by atoms with Gasteiger partial charge in [0.05, 0.1) is 12.3 Å². The molecule has 1 aromatic carbocycles. The summed E-state index contributed by atoms with van der Waals surface area (Å²) in [4.78, 5) is 7.86. The monoisotopic (exact) mass is 367 g/mol. The molecule has 0 spiro atoms. The van der Waals surface area contributed by atoms with Crippen LogP contribution in [-0.2, 0) is 15.8 Å². The maximum atomic E-state index is 12.6. The molecule has 3 rings (SSSR count). The van der Waals surface area contributed by atoms with Gasteiger partial charge in [-0.2, -0.15) is 4.31 Å². The van der Waals surface area contributed by atoms with Gasteiger partial charge >= 0.3 is 0 Å². The van der Waals surface area contributed by atoms with Crippen LogP contribution in [0.5, 0.6) is 5.88 Å². The van der Waals surface area contributed by atoms with Crippen molar-refractivity contribution in [3.05, 3.63) is 53.4 Å². The zero-order chi connectivity index (χ0) is 17.0. The molecule has 0 saturated carbocycles. The summed E-state index contributed by atoms with van der Waals surface area (Å²) in [5, 5.41) is 0.590. The third kappa shape index (κ3) is 4.43. The van der Waals surface area contributed by atoms with Crippen molar-refractivity contribution in [1.29, 1.82) is 0 Å². The van der Waals surface area contributed by atoms with Crippen LogP contribution >= 0.6 is 11.6 Å². The number of nitrogens with zero attached hydrogens (tertiary/aromatic N) is 3. The van der Waals surface area contributed by atoms with Crippen LogP contribution in [0.1, 0.15) is 18.4 Å². The van der Waals surface area contributed by atoms with E-state index in [-0.39, 0.29) is 11.9 Å². The number of ether oxygens (including phenoxy) is 1. The summed E-state index contributed by atoms with van der Waals surface area (Å²) in [5.41, 5.74) is 0.721. The van der Waals surface area contributed by atoms with Gasteiger partial charge in [0.15, 0.2) is 0 Å². The van der Waals surface area contributed by atoms with E-state index in [1.165, 1.54) is 10.6 Å². The standard InChI is InChI=1S/C16H18ClN3O3S/c17-14-5-3-13(4-6-14)11-24(21,22)20-9-1-2-15(10-20)23-16-7-8-18-12-19-16/h3-8,12,15H,1-2,9-11H2/t15-/m1/s1. The minimum Gasteiger partial charge on any atom is -0.473 e. The van der Waals surface area contributed by atoms with Gasteiger partial charge < -0.3 is 4.74 Å². The van der Waals surface area contributed by atoms with Crippen LogP contribution in [0.3, 0.4) is 0 Å². The summed E-state index contributed by atoms with van der Waals surface area (Å²) < 4.78 is 32.6. The second kappa shape index (κ2) is 7.46. The van der Waals surface area contributed by atoms with Crippen LogP contribution in [0.4, 0.5) is 0 Å². The van der Waals surface area contributed by atoms with Gasteiger partial charge in [-0.05, 0) is 30.5 Å². The van der Waals surface area contributed by atoms with Crippen molar-refractivity contribution in [2.45, 2.75) is 24.7 Å². The number of halogens is 1. The van der Waals surface area contributed by atoms with E-state index < -0.39 is 10.0 Å². The van der Waals surface area contributed by atoms with Gasteiger partial charge in [-0.3, -0.25) is 0 Å². The normalized spacial score (nSPS) is 19.1. The van der Waals surface area contributed by atoms with E-state index in [2.05, 4.69) is 9.97 Å². The molecule has 6 nitrogen and oxygen atoms in total. The predicted molar refractivity (Wildman–Crippen MR) is 91.3 cm³/mol. The van der Waals surface area contributed by atoms with Crippen LogP contribution in [0.25, 0.3) is 0 Å². The van der Waals surface area contributed by atoms with Crippen LogP contribution in [-0.4, -0.2) is 41.9 Å². The van der Waals surface area contributed by atoms with Gasteiger partial charge in [0.2, 0.25) is 15.9 Å². The lowest BCUT2D eigenvalue weighted by atomic mass is 10.1. The zero-order valence-corrected chi connectivity index (χ0v) is 14.6. The van der Waals surface area contributed by atoms with Gasteiger partial charge in [-0.25, -0.2) is 18.4 Å². The quantitative estimate of drug-likeness (QED) is 0.811. The molecule has 2 heterocycles. The molecule has 2 aromatic rings. The molecule has 1 saturated heterocycles. The SMILES string of the molecule is O=S(=O)(Cc1ccc(Cl)cc1)N1CCC[C@@H](Oc2ccncn2)C1. The fourth-order valence-electron chi connectivity index (χ4n) is 2.66. The first-order valence-corrected chi connectivity index (χ1v) is 9.66. The van der Waals surface area contributed by atoms with E-state index >= 15 is 0 Å². The minimum atomic E-state index is -3.40. The Morgan fingerprint density at radius 1 is 1.25 bits per heavy atom. The first-order valence-electron chi connectivity index (χ1n) is 7.68. The third-order valence-electron chi connectivity index (χ3n) is 3.84. The number of aromatic nitrogens is 2. The van der Waals surface area contributed by atoms with Crippen molar-refractivity contribution in [1.82, 2.24) is 14.3 Å². The Hall–Kier alpha value is -1.70. The average Bonchev–Trinajstić information content (AvgIpc) is 2.58.